The molecule has 1 fully saturated rings. The number of hydrogen-bond donors (Lipinski definition) is 2. The second kappa shape index (κ2) is 15.3. The maximum Gasteiger partial charge on any atom is 0.293 e. The zero-order chi connectivity index (χ0) is 29.1. The van der Waals surface area contributed by atoms with Crippen molar-refractivity contribution in [2.75, 3.05) is 37.0 Å². The zero-order valence-electron chi connectivity index (χ0n) is 23.9. The number of rotatable bonds is 7. The minimum atomic E-state index is -0.588. The van der Waals surface area contributed by atoms with Crippen molar-refractivity contribution in [1.29, 1.82) is 0 Å². The number of aromatic nitrogens is 3. The highest BCUT2D eigenvalue weighted by molar-refractivity contribution is 6.32. The Morgan fingerprint density at radius 2 is 1.79 bits per heavy atom. The second-order valence-electron chi connectivity index (χ2n) is 8.67. The summed E-state index contributed by atoms with van der Waals surface area (Å²) in [5, 5.41) is 6.25. The molecule has 0 saturated carbocycles. The molecule has 1 aromatic carbocycles. The maximum absolute atomic E-state index is 15.3. The minimum absolute atomic E-state index is 0.0428. The topological polar surface area (TPSA) is 101 Å². The van der Waals surface area contributed by atoms with E-state index in [0.29, 0.717) is 27.9 Å². The van der Waals surface area contributed by atoms with Gasteiger partial charge in [0.1, 0.15) is 10.8 Å². The Kier molecular flexibility index (Phi) is 12.4. The first-order chi connectivity index (χ1) is 18.8. The zero-order valence-corrected chi connectivity index (χ0v) is 24.7. The summed E-state index contributed by atoms with van der Waals surface area (Å²) in [7, 11) is 1.47. The van der Waals surface area contributed by atoms with Crippen LogP contribution < -0.4 is 25.8 Å². The van der Waals surface area contributed by atoms with Gasteiger partial charge >= 0.3 is 0 Å². The van der Waals surface area contributed by atoms with E-state index in [-0.39, 0.29) is 29.8 Å². The number of carbonyl (C=O) groups excluding carboxylic acids is 1. The fourth-order valence-corrected chi connectivity index (χ4v) is 4.26. The summed E-state index contributed by atoms with van der Waals surface area (Å²) in [6.45, 7) is 13.0. The third kappa shape index (κ3) is 7.81. The molecule has 1 amide bonds. The quantitative estimate of drug-likeness (QED) is 0.360. The summed E-state index contributed by atoms with van der Waals surface area (Å²) in [4.78, 5) is 35.6. The number of pyridine rings is 1. The van der Waals surface area contributed by atoms with Gasteiger partial charge in [-0.15, -0.1) is 0 Å². The maximum atomic E-state index is 15.3. The lowest BCUT2D eigenvalue weighted by molar-refractivity contribution is -0.122. The molecule has 39 heavy (non-hydrogen) atoms. The van der Waals surface area contributed by atoms with Crippen LogP contribution in [0.1, 0.15) is 66.8 Å². The number of halogens is 2. The van der Waals surface area contributed by atoms with Crippen LogP contribution in [0.4, 0.5) is 21.8 Å². The van der Waals surface area contributed by atoms with E-state index in [1.165, 1.54) is 36.4 Å². The van der Waals surface area contributed by atoms with Gasteiger partial charge in [-0.05, 0) is 51.3 Å². The van der Waals surface area contributed by atoms with Crippen LogP contribution >= 0.6 is 11.6 Å². The number of piperidine rings is 1. The molecule has 4 rings (SSSR count). The van der Waals surface area contributed by atoms with Crippen molar-refractivity contribution in [3.05, 3.63) is 45.6 Å². The molecule has 0 atom stereocenters. The predicted octanol–water partition coefficient (Wildman–Crippen LogP) is 6.08. The number of benzene rings is 1. The fraction of sp³-hybridized carbons (Fsp3) is 0.500. The number of likely N-dealkylation sites (N-methyl/N-ethyl adjacent to an activating group) is 1. The Morgan fingerprint density at radius 3 is 2.41 bits per heavy atom. The predicted molar refractivity (Wildman–Crippen MR) is 157 cm³/mol. The molecule has 2 N–H and O–H groups in total. The SMILES string of the molecule is CC.CC.CNC(=O)COc1cc2cc(Nc3nc(N4CCCCC4)ncc3Cl)cc(F)c2n(C(C)C)c1=O. The molecule has 3 heterocycles. The number of carbonyl (C=O) groups is 1. The first kappa shape index (κ1) is 31.8. The van der Waals surface area contributed by atoms with Crippen molar-refractivity contribution < 1.29 is 13.9 Å². The molecule has 9 nitrogen and oxygen atoms in total. The van der Waals surface area contributed by atoms with Crippen LogP contribution in [-0.4, -0.2) is 47.2 Å². The highest BCUT2D eigenvalue weighted by atomic mass is 35.5. The van der Waals surface area contributed by atoms with Crippen molar-refractivity contribution in [2.24, 2.45) is 0 Å². The Bertz CT molecular complexity index is 1310. The number of amides is 1. The molecule has 0 bridgehead atoms. The molecule has 0 aliphatic carbocycles. The largest absolute Gasteiger partial charge is 0.478 e. The van der Waals surface area contributed by atoms with Gasteiger partial charge in [-0.1, -0.05) is 39.3 Å². The molecular formula is C28H40ClFN6O3. The van der Waals surface area contributed by atoms with Crippen molar-refractivity contribution in [3.63, 3.8) is 0 Å². The molecule has 1 aliphatic rings. The molecule has 0 unspecified atom stereocenters. The van der Waals surface area contributed by atoms with Crippen molar-refractivity contribution in [2.45, 2.75) is 66.8 Å². The van der Waals surface area contributed by atoms with E-state index < -0.39 is 11.4 Å². The Hall–Kier alpha value is -3.40. The summed E-state index contributed by atoms with van der Waals surface area (Å²) in [5.41, 5.74) is 0.0260. The van der Waals surface area contributed by atoms with Crippen LogP contribution in [0.25, 0.3) is 10.9 Å². The molecule has 11 heteroatoms. The molecule has 0 spiro atoms. The van der Waals surface area contributed by atoms with Gasteiger partial charge in [0.25, 0.3) is 11.5 Å². The summed E-state index contributed by atoms with van der Waals surface area (Å²) in [6.07, 6.45) is 4.86. The summed E-state index contributed by atoms with van der Waals surface area (Å²) in [6, 6.07) is 4.08. The number of hydrogen-bond acceptors (Lipinski definition) is 7. The average Bonchev–Trinajstić information content (AvgIpc) is 2.95. The fourth-order valence-electron chi connectivity index (χ4n) is 4.12. The van der Waals surface area contributed by atoms with Crippen LogP contribution in [0, 0.1) is 5.82 Å². The molecule has 2 aromatic heterocycles. The van der Waals surface area contributed by atoms with E-state index in [0.717, 1.165) is 25.9 Å². The third-order valence-corrected chi connectivity index (χ3v) is 6.11. The summed E-state index contributed by atoms with van der Waals surface area (Å²) >= 11 is 6.34. The van der Waals surface area contributed by atoms with Crippen LogP contribution in [0.2, 0.25) is 5.02 Å². The van der Waals surface area contributed by atoms with Crippen molar-refractivity contribution >= 4 is 45.9 Å². The van der Waals surface area contributed by atoms with Crippen LogP contribution in [0.15, 0.2) is 29.2 Å². The Balaban J connectivity index is 0.00000127. The van der Waals surface area contributed by atoms with Gasteiger partial charge in [0, 0.05) is 37.3 Å². The lowest BCUT2D eigenvalue weighted by Crippen LogP contribution is -2.31. The molecule has 1 saturated heterocycles. The van der Waals surface area contributed by atoms with E-state index in [1.54, 1.807) is 19.9 Å². The number of nitrogens with one attached hydrogen (secondary N) is 2. The van der Waals surface area contributed by atoms with E-state index in [2.05, 4.69) is 25.5 Å². The highest BCUT2D eigenvalue weighted by Gasteiger charge is 2.19. The molecule has 0 radical (unpaired) electrons. The normalized spacial score (nSPS) is 12.7. The lowest BCUT2D eigenvalue weighted by atomic mass is 10.1. The molecule has 1 aliphatic heterocycles. The number of anilines is 3. The van der Waals surface area contributed by atoms with Crippen molar-refractivity contribution in [1.82, 2.24) is 19.9 Å². The third-order valence-electron chi connectivity index (χ3n) is 5.84. The second-order valence-corrected chi connectivity index (χ2v) is 9.08. The Morgan fingerprint density at radius 1 is 1.13 bits per heavy atom. The molecular weight excluding hydrogens is 523 g/mol. The average molecular weight is 563 g/mol. The Labute approximate surface area is 234 Å². The standard InChI is InChI=1S/C24H28ClFN6O3.2C2H6/c1-14(2)32-21-15(10-19(23(32)34)35-13-20(33)27-3)9-16(11-18(21)26)29-22-17(25)12-28-24(30-22)31-7-5-4-6-8-31;2*1-2/h9-12,14H,4-8,13H2,1-3H3,(H,27,33)(H,28,29,30);2*1-2H3. The number of fused-ring (bicyclic) bond motifs is 1. The first-order valence-electron chi connectivity index (χ1n) is 13.5. The van der Waals surface area contributed by atoms with Crippen LogP contribution in [0.3, 0.4) is 0 Å². The van der Waals surface area contributed by atoms with E-state index in [9.17, 15) is 9.59 Å². The smallest absolute Gasteiger partial charge is 0.293 e. The minimum Gasteiger partial charge on any atom is -0.478 e. The van der Waals surface area contributed by atoms with Gasteiger partial charge in [-0.25, -0.2) is 9.37 Å². The van der Waals surface area contributed by atoms with Crippen molar-refractivity contribution in [3.8, 4) is 5.75 Å². The lowest BCUT2D eigenvalue weighted by Gasteiger charge is -2.27. The number of nitrogens with zero attached hydrogens (tertiary/aromatic N) is 4. The summed E-state index contributed by atoms with van der Waals surface area (Å²) < 4.78 is 22.1. The monoisotopic (exact) mass is 562 g/mol. The van der Waals surface area contributed by atoms with Crippen LogP contribution in [-0.2, 0) is 4.79 Å². The van der Waals surface area contributed by atoms with E-state index in [4.69, 9.17) is 16.3 Å². The van der Waals surface area contributed by atoms with E-state index >= 15 is 4.39 Å². The molecule has 214 valence electrons. The summed E-state index contributed by atoms with van der Waals surface area (Å²) in [5.74, 6) is -0.0929. The van der Waals surface area contributed by atoms with Gasteiger partial charge in [0.2, 0.25) is 5.95 Å². The van der Waals surface area contributed by atoms with Gasteiger partial charge in [-0.2, -0.15) is 4.98 Å². The van der Waals surface area contributed by atoms with Gasteiger partial charge in [0.15, 0.2) is 18.2 Å². The van der Waals surface area contributed by atoms with Crippen LogP contribution in [0.5, 0.6) is 5.75 Å². The van der Waals surface area contributed by atoms with Gasteiger partial charge < -0.3 is 20.3 Å². The van der Waals surface area contributed by atoms with E-state index in [1.807, 2.05) is 27.7 Å². The molecule has 3 aromatic rings. The highest BCUT2D eigenvalue weighted by Crippen LogP contribution is 2.30. The van der Waals surface area contributed by atoms with Gasteiger partial charge in [-0.3, -0.25) is 14.2 Å². The number of ether oxygens (including phenoxy) is 1. The first-order valence-corrected chi connectivity index (χ1v) is 13.9. The van der Waals surface area contributed by atoms with Gasteiger partial charge in [0.05, 0.1) is 11.7 Å².